The van der Waals surface area contributed by atoms with Gasteiger partial charge in [0.15, 0.2) is 5.75 Å². The molecule has 0 radical (unpaired) electrons. The van der Waals surface area contributed by atoms with Gasteiger partial charge in [-0.05, 0) is 51.4 Å². The topological polar surface area (TPSA) is 68.8 Å². The molecule has 3 rings (SSSR count). The molecule has 23 heavy (non-hydrogen) atoms. The standard InChI is InChI=1S/C16H12BrFN2O2S/c1-23(22)8-14(21)16-15(12-4-2-3-5-19-12)9-6-10(17)11(18)7-13(9)20-16/h2-7,20H,8H2,1H3. The van der Waals surface area contributed by atoms with E-state index in [-0.39, 0.29) is 11.5 Å². The van der Waals surface area contributed by atoms with Crippen molar-refractivity contribution in [3.63, 3.8) is 0 Å². The number of aromatic nitrogens is 2. The molecular formula is C16H12BrFN2O2S. The highest BCUT2D eigenvalue weighted by Gasteiger charge is 2.23. The Morgan fingerprint density at radius 3 is 2.87 bits per heavy atom. The zero-order valence-electron chi connectivity index (χ0n) is 12.1. The minimum absolute atomic E-state index is 0.101. The van der Waals surface area contributed by atoms with Gasteiger partial charge >= 0.3 is 0 Å². The van der Waals surface area contributed by atoms with Crippen molar-refractivity contribution in [2.24, 2.45) is 0 Å². The summed E-state index contributed by atoms with van der Waals surface area (Å²) in [6, 6.07) is 8.30. The summed E-state index contributed by atoms with van der Waals surface area (Å²) in [6.07, 6.45) is 3.09. The fourth-order valence-electron chi connectivity index (χ4n) is 2.43. The van der Waals surface area contributed by atoms with E-state index in [1.54, 1.807) is 24.4 Å². The summed E-state index contributed by atoms with van der Waals surface area (Å²) >= 11 is 1.90. The Kier molecular flexibility index (Phi) is 4.52. The van der Waals surface area contributed by atoms with Crippen molar-refractivity contribution >= 4 is 43.8 Å². The summed E-state index contributed by atoms with van der Waals surface area (Å²) in [5, 5.41) is 0.683. The van der Waals surface area contributed by atoms with Crippen molar-refractivity contribution in [2.45, 2.75) is 0 Å². The number of nitrogens with one attached hydrogen (secondary N) is 1. The van der Waals surface area contributed by atoms with Crippen molar-refractivity contribution < 1.29 is 13.7 Å². The van der Waals surface area contributed by atoms with E-state index in [9.17, 15) is 13.7 Å². The maximum Gasteiger partial charge on any atom is 0.228 e. The third-order valence-electron chi connectivity index (χ3n) is 3.37. The van der Waals surface area contributed by atoms with Gasteiger partial charge in [-0.1, -0.05) is 6.07 Å². The Morgan fingerprint density at radius 2 is 2.22 bits per heavy atom. The lowest BCUT2D eigenvalue weighted by Crippen LogP contribution is -2.15. The number of ketones is 1. The fourth-order valence-corrected chi connectivity index (χ4v) is 3.29. The number of fused-ring (bicyclic) bond motifs is 1. The summed E-state index contributed by atoms with van der Waals surface area (Å²) in [7, 11) is 0. The normalized spacial score (nSPS) is 12.5. The molecule has 0 fully saturated rings. The number of halogens is 2. The van der Waals surface area contributed by atoms with Crippen LogP contribution in [0.1, 0.15) is 10.5 Å². The zero-order chi connectivity index (χ0) is 16.6. The predicted molar refractivity (Wildman–Crippen MR) is 92.5 cm³/mol. The third kappa shape index (κ3) is 3.17. The molecule has 0 saturated heterocycles. The number of benzene rings is 1. The lowest BCUT2D eigenvalue weighted by Gasteiger charge is -2.05. The van der Waals surface area contributed by atoms with Crippen LogP contribution < -0.4 is 0 Å². The van der Waals surface area contributed by atoms with Crippen LogP contribution in [0.5, 0.6) is 0 Å². The van der Waals surface area contributed by atoms with Crippen molar-refractivity contribution in [1.82, 2.24) is 9.97 Å². The molecule has 7 heteroatoms. The quantitative estimate of drug-likeness (QED) is 0.541. The van der Waals surface area contributed by atoms with E-state index in [1.807, 2.05) is 6.07 Å². The summed E-state index contributed by atoms with van der Waals surface area (Å²) in [5.41, 5.74) is 1.99. The van der Waals surface area contributed by atoms with Gasteiger partial charge in [0.2, 0.25) is 5.78 Å². The van der Waals surface area contributed by atoms with Crippen LogP contribution >= 0.6 is 15.9 Å². The molecule has 1 N–H and O–H groups in total. The van der Waals surface area contributed by atoms with E-state index in [0.717, 1.165) is 0 Å². The molecule has 0 saturated carbocycles. The number of Topliss-reactive ketones (excluding diaryl/α,β-unsaturated/α-hetero) is 1. The van der Waals surface area contributed by atoms with Crippen LogP contribution in [0.2, 0.25) is 0 Å². The number of nitrogens with zero attached hydrogens (tertiary/aromatic N) is 1. The second kappa shape index (κ2) is 6.43. The number of pyridine rings is 1. The molecule has 0 spiro atoms. The van der Waals surface area contributed by atoms with E-state index in [4.69, 9.17) is 0 Å². The number of carbonyl (C=O) groups is 1. The molecule has 118 valence electrons. The summed E-state index contributed by atoms with van der Waals surface area (Å²) in [5.74, 6) is -0.820. The Hall–Kier alpha value is -1.70. The number of H-pyrrole nitrogens is 1. The molecular weight excluding hydrogens is 383 g/mol. The van der Waals surface area contributed by atoms with Gasteiger partial charge in [-0.3, -0.25) is 9.78 Å². The Labute approximate surface area is 143 Å². The van der Waals surface area contributed by atoms with Gasteiger partial charge in [0.25, 0.3) is 0 Å². The average molecular weight is 395 g/mol. The molecule has 0 aliphatic rings. The Bertz CT molecular complexity index is 881. The van der Waals surface area contributed by atoms with E-state index in [0.29, 0.717) is 32.3 Å². The molecule has 1 atom stereocenters. The van der Waals surface area contributed by atoms with Crippen LogP contribution in [0.4, 0.5) is 4.39 Å². The van der Waals surface area contributed by atoms with E-state index in [1.165, 1.54) is 12.3 Å². The minimum atomic E-state index is -1.26. The zero-order valence-corrected chi connectivity index (χ0v) is 14.5. The van der Waals surface area contributed by atoms with Gasteiger partial charge in [-0.25, -0.2) is 4.39 Å². The molecule has 2 heterocycles. The van der Waals surface area contributed by atoms with Crippen LogP contribution in [0.25, 0.3) is 22.2 Å². The van der Waals surface area contributed by atoms with Gasteiger partial charge < -0.3 is 9.54 Å². The molecule has 1 aromatic carbocycles. The highest BCUT2D eigenvalue weighted by Crippen LogP contribution is 2.34. The first kappa shape index (κ1) is 16.2. The lowest BCUT2D eigenvalue weighted by molar-refractivity contribution is 0.101. The molecule has 0 aliphatic heterocycles. The van der Waals surface area contributed by atoms with E-state index >= 15 is 0 Å². The van der Waals surface area contributed by atoms with Crippen molar-refractivity contribution in [3.8, 4) is 11.3 Å². The molecule has 3 aromatic rings. The van der Waals surface area contributed by atoms with Crippen molar-refractivity contribution in [3.05, 3.63) is 52.5 Å². The van der Waals surface area contributed by atoms with Crippen molar-refractivity contribution in [1.29, 1.82) is 0 Å². The summed E-state index contributed by atoms with van der Waals surface area (Å²) < 4.78 is 25.5. The Morgan fingerprint density at radius 1 is 1.43 bits per heavy atom. The van der Waals surface area contributed by atoms with Gasteiger partial charge in [0, 0.05) is 22.7 Å². The van der Waals surface area contributed by atoms with Crippen LogP contribution in [-0.4, -0.2) is 32.3 Å². The van der Waals surface area contributed by atoms with Crippen molar-refractivity contribution in [2.75, 3.05) is 12.0 Å². The first-order chi connectivity index (χ1) is 11.0. The van der Waals surface area contributed by atoms with Crippen LogP contribution in [0, 0.1) is 5.82 Å². The largest absolute Gasteiger partial charge is 0.616 e. The first-order valence-electron chi connectivity index (χ1n) is 6.72. The van der Waals surface area contributed by atoms with E-state index in [2.05, 4.69) is 25.9 Å². The summed E-state index contributed by atoms with van der Waals surface area (Å²) in [6.45, 7) is 0. The SMILES string of the molecule is C[S+]([O-])CC(=O)c1[nH]c2cc(F)c(Br)cc2c1-c1ccccn1. The monoisotopic (exact) mass is 394 g/mol. The first-order valence-corrected chi connectivity index (χ1v) is 9.24. The lowest BCUT2D eigenvalue weighted by atomic mass is 10.0. The number of carbonyl (C=O) groups excluding carboxylic acids is 1. The Balaban J connectivity index is 2.28. The van der Waals surface area contributed by atoms with Crippen LogP contribution in [0.15, 0.2) is 41.0 Å². The number of rotatable bonds is 4. The minimum Gasteiger partial charge on any atom is -0.616 e. The van der Waals surface area contributed by atoms with Crippen LogP contribution in [-0.2, 0) is 11.2 Å². The van der Waals surface area contributed by atoms with Crippen LogP contribution in [0.3, 0.4) is 0 Å². The highest BCUT2D eigenvalue weighted by molar-refractivity contribution is 9.10. The summed E-state index contributed by atoms with van der Waals surface area (Å²) in [4.78, 5) is 19.7. The smallest absolute Gasteiger partial charge is 0.228 e. The molecule has 1 unspecified atom stereocenters. The maximum absolute atomic E-state index is 13.8. The molecule has 2 aromatic heterocycles. The second-order valence-electron chi connectivity index (χ2n) is 5.04. The number of aromatic amines is 1. The molecule has 0 bridgehead atoms. The van der Waals surface area contributed by atoms with Gasteiger partial charge in [-0.2, -0.15) is 0 Å². The van der Waals surface area contributed by atoms with Gasteiger partial charge in [0.05, 0.1) is 22.1 Å². The molecule has 0 amide bonds. The maximum atomic E-state index is 13.8. The predicted octanol–water partition coefficient (Wildman–Crippen LogP) is 3.69. The van der Waals surface area contributed by atoms with Gasteiger partial charge in [0.1, 0.15) is 5.82 Å². The highest BCUT2D eigenvalue weighted by atomic mass is 79.9. The second-order valence-corrected chi connectivity index (χ2v) is 7.33. The fraction of sp³-hybridized carbons (Fsp3) is 0.125. The molecule has 4 nitrogen and oxygen atoms in total. The number of hydrogen-bond acceptors (Lipinski definition) is 3. The van der Waals surface area contributed by atoms with Gasteiger partial charge in [-0.15, -0.1) is 0 Å². The third-order valence-corrected chi connectivity index (χ3v) is 4.65. The molecule has 0 aliphatic carbocycles. The average Bonchev–Trinajstić information content (AvgIpc) is 2.86. The van der Waals surface area contributed by atoms with E-state index < -0.39 is 17.0 Å². The number of hydrogen-bond donors (Lipinski definition) is 1.